The number of carboxylic acids is 1. The molecule has 1 heterocycles. The number of hydrogen-bond acceptors (Lipinski definition) is 4. The number of aliphatic hydroxyl groups is 2. The van der Waals surface area contributed by atoms with Crippen molar-refractivity contribution in [3.05, 3.63) is 0 Å². The molecule has 0 aromatic heterocycles. The number of aliphatic hydroxyl groups excluding tert-OH is 2. The van der Waals surface area contributed by atoms with E-state index in [4.69, 9.17) is 4.74 Å². The standard InChI is InChI=1S/C30H48O5/c1-25-11-10-22(32)26(2,16-31)20(25)9-12-28(4)21(25)7-6-18-23-19(29(5)17-35-29)8-13-30(23,24(33)34)15-14-27(18,28)3/h18-23,31-32H,6-17H2,1-5H3,(H,33,34)/t18?,19-,20-,21?,22+,23?,25+,26+,27-,28-,29?,30+/m1/s1. The first-order valence-corrected chi connectivity index (χ1v) is 14.5. The van der Waals surface area contributed by atoms with Crippen molar-refractivity contribution in [2.24, 2.45) is 56.7 Å². The van der Waals surface area contributed by atoms with E-state index in [9.17, 15) is 20.1 Å². The second-order valence-electron chi connectivity index (χ2n) is 15.1. The largest absolute Gasteiger partial charge is 0.481 e. The van der Waals surface area contributed by atoms with Gasteiger partial charge in [0.2, 0.25) is 0 Å². The second kappa shape index (κ2) is 7.26. The predicted molar refractivity (Wildman–Crippen MR) is 134 cm³/mol. The van der Waals surface area contributed by atoms with Crippen molar-refractivity contribution >= 4 is 5.97 Å². The highest BCUT2D eigenvalue weighted by Crippen LogP contribution is 2.78. The SMILES string of the molecule is CC1([C@@H]2CC[C@]3(C(=O)O)CC[C@]4(C)C(CCC5[C@@]6(C)CC[C@H](O)[C@@](C)(CO)[C@@H]6CC[C@]54C)C23)CO1. The van der Waals surface area contributed by atoms with E-state index in [1.54, 1.807) is 0 Å². The Balaban J connectivity index is 1.40. The van der Waals surface area contributed by atoms with Crippen LogP contribution in [0.2, 0.25) is 0 Å². The van der Waals surface area contributed by atoms with Crippen LogP contribution in [0.15, 0.2) is 0 Å². The van der Waals surface area contributed by atoms with E-state index in [2.05, 4.69) is 34.6 Å². The van der Waals surface area contributed by atoms with E-state index in [0.29, 0.717) is 23.7 Å². The van der Waals surface area contributed by atoms with Gasteiger partial charge in [0.05, 0.1) is 30.3 Å². The fourth-order valence-electron chi connectivity index (χ4n) is 12.0. The van der Waals surface area contributed by atoms with Crippen LogP contribution in [-0.2, 0) is 9.53 Å². The minimum absolute atomic E-state index is 0.0568. The van der Waals surface area contributed by atoms with Gasteiger partial charge < -0.3 is 20.1 Å². The van der Waals surface area contributed by atoms with Gasteiger partial charge in [-0.3, -0.25) is 4.79 Å². The number of rotatable bonds is 3. The highest BCUT2D eigenvalue weighted by molar-refractivity contribution is 5.76. The van der Waals surface area contributed by atoms with Crippen molar-refractivity contribution in [3.8, 4) is 0 Å². The molecule has 0 aromatic rings. The van der Waals surface area contributed by atoms with Gasteiger partial charge in [-0.1, -0.05) is 27.7 Å². The fraction of sp³-hybridized carbons (Fsp3) is 0.967. The second-order valence-corrected chi connectivity index (χ2v) is 15.1. The molecule has 5 saturated carbocycles. The number of ether oxygens (including phenoxy) is 1. The summed E-state index contributed by atoms with van der Waals surface area (Å²) in [7, 11) is 0. The fourth-order valence-corrected chi connectivity index (χ4v) is 12.0. The third kappa shape index (κ3) is 2.79. The third-order valence-electron chi connectivity index (χ3n) is 14.4. The molecular formula is C30H48O5. The average Bonchev–Trinajstić information content (AvgIpc) is 3.42. The van der Waals surface area contributed by atoms with Gasteiger partial charge in [0.1, 0.15) is 0 Å². The highest BCUT2D eigenvalue weighted by Gasteiger charge is 2.74. The Morgan fingerprint density at radius 1 is 0.829 bits per heavy atom. The summed E-state index contributed by atoms with van der Waals surface area (Å²) in [5.74, 6) is 1.34. The molecule has 6 aliphatic rings. The predicted octanol–water partition coefficient (Wildman–Crippen LogP) is 5.27. The topological polar surface area (TPSA) is 90.3 Å². The first-order chi connectivity index (χ1) is 16.3. The van der Waals surface area contributed by atoms with Crippen LogP contribution < -0.4 is 0 Å². The Morgan fingerprint density at radius 3 is 2.17 bits per heavy atom. The molecule has 0 bridgehead atoms. The van der Waals surface area contributed by atoms with Crippen molar-refractivity contribution in [3.63, 3.8) is 0 Å². The van der Waals surface area contributed by atoms with Gasteiger partial charge in [0.15, 0.2) is 0 Å². The molecule has 3 N–H and O–H groups in total. The molecule has 1 aliphatic heterocycles. The Hall–Kier alpha value is -0.650. The number of epoxide rings is 1. The van der Waals surface area contributed by atoms with Crippen molar-refractivity contribution in [1.29, 1.82) is 0 Å². The summed E-state index contributed by atoms with van der Waals surface area (Å²) in [6, 6.07) is 0. The Kier molecular flexibility index (Phi) is 5.12. The smallest absolute Gasteiger partial charge is 0.309 e. The Morgan fingerprint density at radius 2 is 1.54 bits per heavy atom. The lowest BCUT2D eigenvalue weighted by Crippen LogP contribution is -2.68. The van der Waals surface area contributed by atoms with Gasteiger partial charge in [-0.15, -0.1) is 0 Å². The van der Waals surface area contributed by atoms with E-state index in [1.807, 2.05) is 0 Å². The summed E-state index contributed by atoms with van der Waals surface area (Å²) >= 11 is 0. The molecular weight excluding hydrogens is 440 g/mol. The maximum Gasteiger partial charge on any atom is 0.309 e. The lowest BCUT2D eigenvalue weighted by atomic mass is 9.32. The van der Waals surface area contributed by atoms with Crippen LogP contribution in [-0.4, -0.2) is 46.2 Å². The molecule has 0 amide bonds. The molecule has 5 nitrogen and oxygen atoms in total. The molecule has 0 spiro atoms. The van der Waals surface area contributed by atoms with Gasteiger partial charge in [0, 0.05) is 5.41 Å². The Labute approximate surface area is 211 Å². The van der Waals surface area contributed by atoms with Crippen LogP contribution in [0.1, 0.15) is 98.8 Å². The van der Waals surface area contributed by atoms with Crippen molar-refractivity contribution in [2.75, 3.05) is 13.2 Å². The van der Waals surface area contributed by atoms with Crippen LogP contribution in [0.5, 0.6) is 0 Å². The minimum atomic E-state index is -0.571. The normalized spacial score (nSPS) is 61.2. The number of hydrogen-bond donors (Lipinski definition) is 3. The number of carboxylic acid groups (broad SMARTS) is 1. The van der Waals surface area contributed by atoms with E-state index in [1.165, 1.54) is 0 Å². The van der Waals surface area contributed by atoms with Gasteiger partial charge in [-0.05, 0) is 117 Å². The van der Waals surface area contributed by atoms with Crippen molar-refractivity contribution in [1.82, 2.24) is 0 Å². The number of aliphatic carboxylic acids is 1. The van der Waals surface area contributed by atoms with Crippen LogP contribution >= 0.6 is 0 Å². The molecule has 5 heteroatoms. The van der Waals surface area contributed by atoms with Crippen molar-refractivity contribution in [2.45, 2.75) is 111 Å². The number of fused-ring (bicyclic) bond motifs is 7. The monoisotopic (exact) mass is 488 g/mol. The molecule has 35 heavy (non-hydrogen) atoms. The zero-order chi connectivity index (χ0) is 25.2. The zero-order valence-electron chi connectivity index (χ0n) is 22.6. The molecule has 6 fully saturated rings. The lowest BCUT2D eigenvalue weighted by molar-refractivity contribution is -0.255. The molecule has 1 saturated heterocycles. The first kappa shape index (κ1) is 24.7. The first-order valence-electron chi connectivity index (χ1n) is 14.5. The third-order valence-corrected chi connectivity index (χ3v) is 14.4. The maximum absolute atomic E-state index is 12.9. The lowest BCUT2D eigenvalue weighted by Gasteiger charge is -2.72. The summed E-state index contributed by atoms with van der Waals surface area (Å²) in [5.41, 5.74) is -0.732. The maximum atomic E-state index is 12.9. The minimum Gasteiger partial charge on any atom is -0.481 e. The van der Waals surface area contributed by atoms with Crippen LogP contribution in [0.25, 0.3) is 0 Å². The zero-order valence-corrected chi connectivity index (χ0v) is 22.6. The van der Waals surface area contributed by atoms with Crippen LogP contribution in [0, 0.1) is 56.7 Å². The van der Waals surface area contributed by atoms with Gasteiger partial charge in [0.25, 0.3) is 0 Å². The molecule has 12 atom stereocenters. The van der Waals surface area contributed by atoms with Crippen molar-refractivity contribution < 1.29 is 24.9 Å². The summed E-state index contributed by atoms with van der Waals surface area (Å²) in [6.45, 7) is 12.8. The molecule has 5 aliphatic carbocycles. The van der Waals surface area contributed by atoms with E-state index in [-0.39, 0.29) is 34.4 Å². The Bertz CT molecular complexity index is 914. The van der Waals surface area contributed by atoms with Gasteiger partial charge in [-0.2, -0.15) is 0 Å². The van der Waals surface area contributed by atoms with E-state index in [0.717, 1.165) is 70.8 Å². The molecule has 0 aromatic carbocycles. The summed E-state index contributed by atoms with van der Waals surface area (Å²) in [4.78, 5) is 12.9. The van der Waals surface area contributed by atoms with Gasteiger partial charge in [-0.25, -0.2) is 0 Å². The molecule has 0 radical (unpaired) electrons. The molecule has 198 valence electrons. The number of carbonyl (C=O) groups is 1. The van der Waals surface area contributed by atoms with Crippen LogP contribution in [0.4, 0.5) is 0 Å². The summed E-state index contributed by atoms with van der Waals surface area (Å²) in [5, 5.41) is 32.0. The van der Waals surface area contributed by atoms with E-state index < -0.39 is 22.9 Å². The summed E-state index contributed by atoms with van der Waals surface area (Å²) in [6.07, 6.45) is 9.46. The van der Waals surface area contributed by atoms with Crippen LogP contribution in [0.3, 0.4) is 0 Å². The highest BCUT2D eigenvalue weighted by atomic mass is 16.6. The van der Waals surface area contributed by atoms with E-state index >= 15 is 0 Å². The average molecular weight is 489 g/mol. The van der Waals surface area contributed by atoms with Gasteiger partial charge >= 0.3 is 5.97 Å². The summed E-state index contributed by atoms with van der Waals surface area (Å²) < 4.78 is 5.99. The molecule has 4 unspecified atom stereocenters. The molecule has 6 rings (SSSR count). The quantitative estimate of drug-likeness (QED) is 0.471.